The molecule has 0 saturated carbocycles. The van der Waals surface area contributed by atoms with Crippen molar-refractivity contribution in [2.75, 3.05) is 0 Å². The first-order valence-corrected chi connectivity index (χ1v) is 3.27. The Labute approximate surface area is 63.1 Å². The van der Waals surface area contributed by atoms with Gasteiger partial charge in [-0.15, -0.1) is 0 Å². The molecule has 0 unspecified atom stereocenters. The molecule has 11 heavy (non-hydrogen) atoms. The maximum atomic E-state index is 9.24. The number of aromatic hydroxyl groups is 2. The van der Waals surface area contributed by atoms with Crippen LogP contribution in [-0.4, -0.2) is 14.6 Å². The van der Waals surface area contributed by atoms with Crippen molar-refractivity contribution in [3.63, 3.8) is 0 Å². The molecule has 3 nitrogen and oxygen atoms in total. The van der Waals surface area contributed by atoms with Crippen LogP contribution in [0.5, 0.6) is 11.6 Å². The van der Waals surface area contributed by atoms with Gasteiger partial charge < -0.3 is 10.2 Å². The van der Waals surface area contributed by atoms with Crippen LogP contribution in [0.15, 0.2) is 30.5 Å². The Morgan fingerprint density at radius 2 is 1.91 bits per heavy atom. The van der Waals surface area contributed by atoms with E-state index in [1.165, 1.54) is 10.5 Å². The molecule has 2 aromatic heterocycles. The van der Waals surface area contributed by atoms with E-state index in [2.05, 4.69) is 0 Å². The fourth-order valence-corrected chi connectivity index (χ4v) is 1.11. The Morgan fingerprint density at radius 1 is 1.09 bits per heavy atom. The molecule has 0 amide bonds. The average molecular weight is 149 g/mol. The molecule has 2 aromatic rings. The third kappa shape index (κ3) is 0.741. The zero-order valence-electron chi connectivity index (χ0n) is 5.73. The lowest BCUT2D eigenvalue weighted by atomic mass is 10.4. The molecule has 2 rings (SSSR count). The van der Waals surface area contributed by atoms with Gasteiger partial charge in [0.05, 0.1) is 5.52 Å². The molecule has 0 aliphatic carbocycles. The molecule has 0 aliphatic rings. The first kappa shape index (κ1) is 6.09. The predicted octanol–water partition coefficient (Wildman–Crippen LogP) is 1.35. The van der Waals surface area contributed by atoms with Crippen molar-refractivity contribution in [3.05, 3.63) is 30.5 Å². The Balaban J connectivity index is 2.94. The fourth-order valence-electron chi connectivity index (χ4n) is 1.11. The molecule has 0 aliphatic heterocycles. The average Bonchev–Trinajstić information content (AvgIpc) is 2.35. The topological polar surface area (TPSA) is 44.9 Å². The van der Waals surface area contributed by atoms with Gasteiger partial charge in [-0.1, -0.05) is 6.07 Å². The highest BCUT2D eigenvalue weighted by Crippen LogP contribution is 2.22. The lowest BCUT2D eigenvalue weighted by Crippen LogP contribution is -1.80. The lowest BCUT2D eigenvalue weighted by molar-refractivity contribution is 0.444. The molecule has 0 saturated heterocycles. The van der Waals surface area contributed by atoms with Gasteiger partial charge >= 0.3 is 0 Å². The smallest absolute Gasteiger partial charge is 0.195 e. The summed E-state index contributed by atoms with van der Waals surface area (Å²) in [5.41, 5.74) is 0.616. The van der Waals surface area contributed by atoms with Gasteiger partial charge in [0.25, 0.3) is 0 Å². The quantitative estimate of drug-likeness (QED) is 0.593. The van der Waals surface area contributed by atoms with E-state index >= 15 is 0 Å². The minimum absolute atomic E-state index is 0.128. The minimum atomic E-state index is 0.128. The van der Waals surface area contributed by atoms with Gasteiger partial charge in [0.2, 0.25) is 0 Å². The molecular formula is C8H7NO2. The van der Waals surface area contributed by atoms with Crippen LogP contribution in [0.4, 0.5) is 0 Å². The van der Waals surface area contributed by atoms with Crippen LogP contribution < -0.4 is 0 Å². The van der Waals surface area contributed by atoms with Crippen molar-refractivity contribution in [2.45, 2.75) is 0 Å². The second kappa shape index (κ2) is 1.92. The second-order valence-electron chi connectivity index (χ2n) is 2.34. The molecule has 2 N–H and O–H groups in total. The molecule has 0 atom stereocenters. The Morgan fingerprint density at radius 3 is 2.64 bits per heavy atom. The fraction of sp³-hybridized carbons (Fsp3) is 0. The molecule has 0 radical (unpaired) electrons. The van der Waals surface area contributed by atoms with Crippen LogP contribution in [0.1, 0.15) is 0 Å². The highest BCUT2D eigenvalue weighted by Gasteiger charge is 2.00. The Bertz CT molecular complexity index is 392. The van der Waals surface area contributed by atoms with E-state index in [-0.39, 0.29) is 11.6 Å². The zero-order valence-corrected chi connectivity index (χ0v) is 5.73. The standard InChI is InChI=1S/C8H7NO2/c10-7-4-5-9-6(7)2-1-3-8(9)11/h1-5,10-11H. The minimum Gasteiger partial charge on any atom is -0.506 e. The van der Waals surface area contributed by atoms with E-state index < -0.39 is 0 Å². The van der Waals surface area contributed by atoms with E-state index in [0.717, 1.165) is 0 Å². The molecule has 0 aromatic carbocycles. The maximum Gasteiger partial charge on any atom is 0.195 e. The van der Waals surface area contributed by atoms with Crippen molar-refractivity contribution < 1.29 is 10.2 Å². The maximum absolute atomic E-state index is 9.24. The van der Waals surface area contributed by atoms with Crippen molar-refractivity contribution in [2.24, 2.45) is 0 Å². The van der Waals surface area contributed by atoms with E-state index in [0.29, 0.717) is 5.52 Å². The van der Waals surface area contributed by atoms with Crippen LogP contribution in [0.25, 0.3) is 5.52 Å². The molecule has 0 fully saturated rings. The van der Waals surface area contributed by atoms with Crippen LogP contribution in [0, 0.1) is 0 Å². The second-order valence-corrected chi connectivity index (χ2v) is 2.34. The Hall–Kier alpha value is -1.64. The summed E-state index contributed by atoms with van der Waals surface area (Å²) in [6.45, 7) is 0. The third-order valence-corrected chi connectivity index (χ3v) is 1.65. The monoisotopic (exact) mass is 149 g/mol. The van der Waals surface area contributed by atoms with E-state index in [1.807, 2.05) is 0 Å². The molecule has 2 heterocycles. The normalized spacial score (nSPS) is 10.5. The van der Waals surface area contributed by atoms with Crippen LogP contribution in [0.2, 0.25) is 0 Å². The van der Waals surface area contributed by atoms with Crippen LogP contribution >= 0.6 is 0 Å². The number of fused-ring (bicyclic) bond motifs is 1. The largest absolute Gasteiger partial charge is 0.506 e. The van der Waals surface area contributed by atoms with Crippen LogP contribution in [-0.2, 0) is 0 Å². The SMILES string of the molecule is Oc1ccn2c(O)cccc12. The van der Waals surface area contributed by atoms with Gasteiger partial charge in [0, 0.05) is 6.20 Å². The summed E-state index contributed by atoms with van der Waals surface area (Å²) < 4.78 is 1.51. The summed E-state index contributed by atoms with van der Waals surface area (Å²) in [7, 11) is 0. The number of pyridine rings is 1. The van der Waals surface area contributed by atoms with Crippen LogP contribution in [0.3, 0.4) is 0 Å². The number of nitrogens with zero attached hydrogens (tertiary/aromatic N) is 1. The highest BCUT2D eigenvalue weighted by atomic mass is 16.3. The van der Waals surface area contributed by atoms with Gasteiger partial charge in [-0.2, -0.15) is 0 Å². The first-order valence-electron chi connectivity index (χ1n) is 3.27. The molecule has 0 spiro atoms. The summed E-state index contributed by atoms with van der Waals surface area (Å²) in [5, 5.41) is 18.4. The molecule has 56 valence electrons. The number of hydrogen-bond acceptors (Lipinski definition) is 2. The molecular weight excluding hydrogens is 142 g/mol. The van der Waals surface area contributed by atoms with Gasteiger partial charge in [-0.25, -0.2) is 0 Å². The number of hydrogen-bond donors (Lipinski definition) is 2. The van der Waals surface area contributed by atoms with Crippen molar-refractivity contribution in [3.8, 4) is 11.6 Å². The number of aromatic nitrogens is 1. The van der Waals surface area contributed by atoms with Crippen molar-refractivity contribution in [1.82, 2.24) is 4.40 Å². The van der Waals surface area contributed by atoms with Gasteiger partial charge in [-0.3, -0.25) is 4.40 Å². The zero-order chi connectivity index (χ0) is 7.84. The van der Waals surface area contributed by atoms with Gasteiger partial charge in [-0.05, 0) is 18.2 Å². The van der Waals surface area contributed by atoms with Crippen molar-refractivity contribution in [1.29, 1.82) is 0 Å². The van der Waals surface area contributed by atoms with E-state index in [4.69, 9.17) is 0 Å². The summed E-state index contributed by atoms with van der Waals surface area (Å²) in [5.74, 6) is 0.309. The summed E-state index contributed by atoms with van der Waals surface area (Å²) >= 11 is 0. The molecule has 0 bridgehead atoms. The lowest BCUT2D eigenvalue weighted by Gasteiger charge is -1.96. The summed E-state index contributed by atoms with van der Waals surface area (Å²) in [6, 6.07) is 6.51. The van der Waals surface area contributed by atoms with E-state index in [9.17, 15) is 10.2 Å². The van der Waals surface area contributed by atoms with Gasteiger partial charge in [0.1, 0.15) is 5.75 Å². The third-order valence-electron chi connectivity index (χ3n) is 1.65. The van der Waals surface area contributed by atoms with Gasteiger partial charge in [0.15, 0.2) is 5.88 Å². The summed E-state index contributed by atoms with van der Waals surface area (Å²) in [4.78, 5) is 0. The molecule has 3 heteroatoms. The summed E-state index contributed by atoms with van der Waals surface area (Å²) in [6.07, 6.45) is 1.61. The Kier molecular flexibility index (Phi) is 1.06. The first-order chi connectivity index (χ1) is 5.29. The van der Waals surface area contributed by atoms with Crippen molar-refractivity contribution >= 4 is 5.52 Å². The van der Waals surface area contributed by atoms with E-state index in [1.54, 1.807) is 24.4 Å². The predicted molar refractivity (Wildman–Crippen MR) is 40.7 cm³/mol. The number of rotatable bonds is 0. The highest BCUT2D eigenvalue weighted by molar-refractivity contribution is 5.61.